The summed E-state index contributed by atoms with van der Waals surface area (Å²) in [6, 6.07) is -0.714. The van der Waals surface area contributed by atoms with Crippen LogP contribution in [-0.4, -0.2) is 35.6 Å². The number of hydrogen-bond donors (Lipinski definition) is 1. The van der Waals surface area contributed by atoms with Gasteiger partial charge in [-0.1, -0.05) is 0 Å². The smallest absolute Gasteiger partial charge is 0.408 e. The molecule has 0 spiro atoms. The summed E-state index contributed by atoms with van der Waals surface area (Å²) in [6.07, 6.45) is -4.40. The molecule has 0 bridgehead atoms. The summed E-state index contributed by atoms with van der Waals surface area (Å²) in [4.78, 5) is 13.1. The monoisotopic (exact) mass is 354 g/mol. The Morgan fingerprint density at radius 1 is 1.50 bits per heavy atom. The van der Waals surface area contributed by atoms with Crippen LogP contribution in [0.3, 0.4) is 0 Å². The molecule has 4 nitrogen and oxygen atoms in total. The molecule has 1 saturated heterocycles. The third kappa shape index (κ3) is 3.01. The number of alkyl halides is 3. The summed E-state index contributed by atoms with van der Waals surface area (Å²) in [5, 5.41) is 0. The largest absolute Gasteiger partial charge is 0.444 e. The standard InChI is InChI=1S/C12H14BrF3N2O2/c1-6-4-9(13)20-10(6)11(19)18-5-7(17)2-3-8(18)12(14,15)16/h4,7-8H,2-3,5,17H2,1H3. The maximum Gasteiger partial charge on any atom is 0.408 e. The van der Waals surface area contributed by atoms with Crippen LogP contribution in [0.5, 0.6) is 0 Å². The molecule has 0 saturated carbocycles. The van der Waals surface area contributed by atoms with Crippen molar-refractivity contribution < 1.29 is 22.4 Å². The van der Waals surface area contributed by atoms with Crippen LogP contribution in [0, 0.1) is 6.92 Å². The molecule has 0 radical (unpaired) electrons. The van der Waals surface area contributed by atoms with Crippen molar-refractivity contribution in [1.82, 2.24) is 4.90 Å². The summed E-state index contributed by atoms with van der Waals surface area (Å²) >= 11 is 3.06. The van der Waals surface area contributed by atoms with Gasteiger partial charge in [0.15, 0.2) is 10.4 Å². The average molecular weight is 355 g/mol. The first kappa shape index (κ1) is 15.4. The zero-order valence-corrected chi connectivity index (χ0v) is 12.3. The first-order valence-corrected chi connectivity index (χ1v) is 6.88. The molecule has 1 aromatic rings. The van der Waals surface area contributed by atoms with E-state index in [1.807, 2.05) is 0 Å². The molecule has 1 aliphatic heterocycles. The Hall–Kier alpha value is -1.02. The van der Waals surface area contributed by atoms with Crippen LogP contribution in [0.1, 0.15) is 29.0 Å². The predicted octanol–water partition coefficient (Wildman–Crippen LogP) is 2.84. The predicted molar refractivity (Wildman–Crippen MR) is 69.2 cm³/mol. The van der Waals surface area contributed by atoms with Gasteiger partial charge < -0.3 is 15.1 Å². The molecule has 2 rings (SSSR count). The van der Waals surface area contributed by atoms with Crippen LogP contribution < -0.4 is 5.73 Å². The quantitative estimate of drug-likeness (QED) is 0.843. The van der Waals surface area contributed by atoms with Gasteiger partial charge in [0.05, 0.1) is 0 Å². The van der Waals surface area contributed by atoms with Crippen molar-refractivity contribution in [1.29, 1.82) is 0 Å². The molecular weight excluding hydrogens is 341 g/mol. The lowest BCUT2D eigenvalue weighted by Gasteiger charge is -2.38. The fourth-order valence-electron chi connectivity index (χ4n) is 2.35. The molecule has 1 amide bonds. The Bertz CT molecular complexity index is 515. The van der Waals surface area contributed by atoms with Gasteiger partial charge in [0.2, 0.25) is 0 Å². The van der Waals surface area contributed by atoms with Gasteiger partial charge in [0, 0.05) is 18.2 Å². The Morgan fingerprint density at radius 2 is 2.15 bits per heavy atom. The van der Waals surface area contributed by atoms with Gasteiger partial charge in [-0.3, -0.25) is 4.79 Å². The molecule has 8 heteroatoms. The number of rotatable bonds is 1. The van der Waals surface area contributed by atoms with Crippen molar-refractivity contribution in [2.24, 2.45) is 5.73 Å². The van der Waals surface area contributed by atoms with E-state index >= 15 is 0 Å². The van der Waals surface area contributed by atoms with Gasteiger partial charge >= 0.3 is 6.18 Å². The van der Waals surface area contributed by atoms with E-state index < -0.39 is 24.2 Å². The van der Waals surface area contributed by atoms with Crippen LogP contribution in [0.25, 0.3) is 0 Å². The number of piperidine rings is 1. The number of hydrogen-bond acceptors (Lipinski definition) is 3. The molecule has 2 N–H and O–H groups in total. The molecule has 1 aromatic heterocycles. The highest BCUT2D eigenvalue weighted by Crippen LogP contribution is 2.33. The minimum Gasteiger partial charge on any atom is -0.444 e. The topological polar surface area (TPSA) is 59.5 Å². The molecule has 2 atom stereocenters. The molecular formula is C12H14BrF3N2O2. The zero-order chi connectivity index (χ0) is 15.1. The van der Waals surface area contributed by atoms with Gasteiger partial charge in [0.25, 0.3) is 5.91 Å². The molecule has 2 unspecified atom stereocenters. The third-order valence-corrected chi connectivity index (χ3v) is 3.73. The van der Waals surface area contributed by atoms with Crippen molar-refractivity contribution in [3.05, 3.63) is 22.1 Å². The van der Waals surface area contributed by atoms with Gasteiger partial charge in [-0.15, -0.1) is 0 Å². The van der Waals surface area contributed by atoms with Gasteiger partial charge in [0.1, 0.15) is 6.04 Å². The van der Waals surface area contributed by atoms with E-state index in [1.54, 1.807) is 13.0 Å². The number of furan rings is 1. The SMILES string of the molecule is Cc1cc(Br)oc1C(=O)N1CC(N)CCC1C(F)(F)F. The van der Waals surface area contributed by atoms with Crippen molar-refractivity contribution in [3.63, 3.8) is 0 Å². The summed E-state index contributed by atoms with van der Waals surface area (Å²) in [6.45, 7) is 1.48. The third-order valence-electron chi connectivity index (χ3n) is 3.34. The van der Waals surface area contributed by atoms with E-state index in [-0.39, 0.29) is 25.1 Å². The lowest BCUT2D eigenvalue weighted by atomic mass is 9.97. The van der Waals surface area contributed by atoms with Gasteiger partial charge in [-0.2, -0.15) is 13.2 Å². The lowest BCUT2D eigenvalue weighted by Crippen LogP contribution is -2.56. The second-order valence-corrected chi connectivity index (χ2v) is 5.70. The Balaban J connectivity index is 2.31. The van der Waals surface area contributed by atoms with Crippen LogP contribution in [0.4, 0.5) is 13.2 Å². The van der Waals surface area contributed by atoms with Crippen molar-refractivity contribution >= 4 is 21.8 Å². The number of halogens is 4. The van der Waals surface area contributed by atoms with E-state index in [0.29, 0.717) is 10.2 Å². The van der Waals surface area contributed by atoms with Gasteiger partial charge in [-0.25, -0.2) is 0 Å². The van der Waals surface area contributed by atoms with Crippen molar-refractivity contribution in [2.75, 3.05) is 6.54 Å². The fraction of sp³-hybridized carbons (Fsp3) is 0.583. The number of aryl methyl sites for hydroxylation is 1. The van der Waals surface area contributed by atoms with E-state index in [1.165, 1.54) is 0 Å². The van der Waals surface area contributed by atoms with E-state index in [2.05, 4.69) is 15.9 Å². The highest BCUT2D eigenvalue weighted by Gasteiger charge is 2.48. The number of amides is 1. The number of carbonyl (C=O) groups is 1. The maximum atomic E-state index is 13.0. The lowest BCUT2D eigenvalue weighted by molar-refractivity contribution is -0.184. The van der Waals surface area contributed by atoms with E-state index in [0.717, 1.165) is 4.90 Å². The highest BCUT2D eigenvalue weighted by atomic mass is 79.9. The first-order chi connectivity index (χ1) is 9.20. The van der Waals surface area contributed by atoms with Gasteiger partial charge in [-0.05, 0) is 41.8 Å². The highest BCUT2D eigenvalue weighted by molar-refractivity contribution is 9.10. The second-order valence-electron chi connectivity index (χ2n) is 4.92. The summed E-state index contributed by atoms with van der Waals surface area (Å²) < 4.78 is 44.5. The van der Waals surface area contributed by atoms with E-state index in [9.17, 15) is 18.0 Å². The second kappa shape index (κ2) is 5.40. The van der Waals surface area contributed by atoms with Crippen LogP contribution in [0.15, 0.2) is 15.2 Å². The number of likely N-dealkylation sites (tertiary alicyclic amines) is 1. The number of carbonyl (C=O) groups excluding carboxylic acids is 1. The minimum atomic E-state index is -4.46. The molecule has 20 heavy (non-hydrogen) atoms. The average Bonchev–Trinajstić information content (AvgIpc) is 2.65. The summed E-state index contributed by atoms with van der Waals surface area (Å²) in [5.41, 5.74) is 6.18. The first-order valence-electron chi connectivity index (χ1n) is 6.09. The van der Waals surface area contributed by atoms with Crippen molar-refractivity contribution in [3.8, 4) is 0 Å². The van der Waals surface area contributed by atoms with Crippen molar-refractivity contribution in [2.45, 2.75) is 38.0 Å². The van der Waals surface area contributed by atoms with Crippen LogP contribution in [-0.2, 0) is 0 Å². The fourth-order valence-corrected chi connectivity index (χ4v) is 2.86. The molecule has 0 aliphatic carbocycles. The number of nitrogens with zero attached hydrogens (tertiary/aromatic N) is 1. The van der Waals surface area contributed by atoms with Crippen LogP contribution >= 0.6 is 15.9 Å². The molecule has 2 heterocycles. The molecule has 1 aliphatic rings. The Kier molecular flexibility index (Phi) is 4.15. The zero-order valence-electron chi connectivity index (χ0n) is 10.7. The minimum absolute atomic E-state index is 0.0831. The molecule has 0 aromatic carbocycles. The summed E-state index contributed by atoms with van der Waals surface area (Å²) in [7, 11) is 0. The Labute approximate surface area is 122 Å². The Morgan fingerprint density at radius 3 is 2.65 bits per heavy atom. The summed E-state index contributed by atoms with van der Waals surface area (Å²) in [5.74, 6) is -0.856. The number of nitrogens with two attached hydrogens (primary N) is 1. The maximum absolute atomic E-state index is 13.0. The van der Waals surface area contributed by atoms with Crippen LogP contribution in [0.2, 0.25) is 0 Å². The van der Waals surface area contributed by atoms with E-state index in [4.69, 9.17) is 10.2 Å². The molecule has 1 fully saturated rings. The normalized spacial score (nSPS) is 24.0. The molecule has 112 valence electrons.